The van der Waals surface area contributed by atoms with E-state index in [4.69, 9.17) is 17.3 Å². The van der Waals surface area contributed by atoms with Gasteiger partial charge in [0.05, 0.1) is 10.7 Å². The van der Waals surface area contributed by atoms with Crippen LogP contribution in [-0.4, -0.2) is 11.3 Å². The van der Waals surface area contributed by atoms with Crippen molar-refractivity contribution in [2.24, 2.45) is 0 Å². The number of ether oxygens (including phenoxy) is 1. The minimum atomic E-state index is -4.78. The molecule has 2 aromatic rings. The van der Waals surface area contributed by atoms with E-state index in [1.165, 1.54) is 30.6 Å². The lowest BCUT2D eigenvalue weighted by molar-refractivity contribution is -0.274. The fourth-order valence-electron chi connectivity index (χ4n) is 1.56. The number of hydrogen-bond acceptors (Lipinski definition) is 3. The van der Waals surface area contributed by atoms with E-state index in [1.54, 1.807) is 6.07 Å². The van der Waals surface area contributed by atoms with Crippen molar-refractivity contribution in [1.29, 1.82) is 0 Å². The zero-order chi connectivity index (χ0) is 14.0. The second-order valence-corrected chi connectivity index (χ2v) is 4.03. The summed E-state index contributed by atoms with van der Waals surface area (Å²) in [5, 5.41) is 0.166. The lowest BCUT2D eigenvalue weighted by Crippen LogP contribution is -2.17. The molecule has 0 fully saturated rings. The van der Waals surface area contributed by atoms with E-state index >= 15 is 0 Å². The molecule has 2 rings (SSSR count). The van der Waals surface area contributed by atoms with Crippen molar-refractivity contribution in [1.82, 2.24) is 4.98 Å². The predicted octanol–water partition coefficient (Wildman–Crippen LogP) is 3.88. The minimum Gasteiger partial charge on any atom is -0.405 e. The predicted molar refractivity (Wildman–Crippen MR) is 65.8 cm³/mol. The van der Waals surface area contributed by atoms with Crippen LogP contribution in [0.2, 0.25) is 5.02 Å². The first-order valence-corrected chi connectivity index (χ1v) is 5.50. The molecular weight excluding hydrogens is 281 g/mol. The number of nitrogens with zero attached hydrogens (tertiary/aromatic N) is 1. The summed E-state index contributed by atoms with van der Waals surface area (Å²) in [5.74, 6) is -0.356. The van der Waals surface area contributed by atoms with Crippen LogP contribution < -0.4 is 10.5 Å². The zero-order valence-electron chi connectivity index (χ0n) is 9.41. The molecule has 0 aliphatic rings. The Balaban J connectivity index is 2.54. The molecule has 1 aromatic carbocycles. The first-order chi connectivity index (χ1) is 8.88. The summed E-state index contributed by atoms with van der Waals surface area (Å²) in [6.07, 6.45) is -2.13. The Kier molecular flexibility index (Phi) is 3.53. The summed E-state index contributed by atoms with van der Waals surface area (Å²) in [5.41, 5.74) is 6.34. The molecule has 3 nitrogen and oxygen atoms in total. The van der Waals surface area contributed by atoms with E-state index in [9.17, 15) is 13.2 Å². The van der Waals surface area contributed by atoms with Gasteiger partial charge in [-0.1, -0.05) is 29.8 Å². The van der Waals surface area contributed by atoms with Gasteiger partial charge in [-0.25, -0.2) is 0 Å². The van der Waals surface area contributed by atoms with Crippen LogP contribution in [0.3, 0.4) is 0 Å². The normalized spacial score (nSPS) is 11.4. The number of aromatic nitrogens is 1. The number of anilines is 1. The quantitative estimate of drug-likeness (QED) is 0.912. The van der Waals surface area contributed by atoms with Gasteiger partial charge in [-0.05, 0) is 6.07 Å². The Morgan fingerprint density at radius 2 is 1.79 bits per heavy atom. The summed E-state index contributed by atoms with van der Waals surface area (Å²) in [6.45, 7) is 0. The van der Waals surface area contributed by atoms with E-state index in [0.29, 0.717) is 0 Å². The minimum absolute atomic E-state index is 0.148. The van der Waals surface area contributed by atoms with Gasteiger partial charge in [0.15, 0.2) is 0 Å². The average molecular weight is 289 g/mol. The van der Waals surface area contributed by atoms with Crippen molar-refractivity contribution < 1.29 is 17.9 Å². The van der Waals surface area contributed by atoms with Crippen LogP contribution in [0.1, 0.15) is 0 Å². The van der Waals surface area contributed by atoms with Gasteiger partial charge in [-0.3, -0.25) is 4.98 Å². The monoisotopic (exact) mass is 288 g/mol. The van der Waals surface area contributed by atoms with Crippen LogP contribution in [-0.2, 0) is 0 Å². The van der Waals surface area contributed by atoms with E-state index in [-0.39, 0.29) is 27.6 Å². The van der Waals surface area contributed by atoms with Gasteiger partial charge >= 0.3 is 6.36 Å². The third-order valence-corrected chi connectivity index (χ3v) is 2.64. The van der Waals surface area contributed by atoms with Crippen molar-refractivity contribution in [3.05, 3.63) is 41.7 Å². The maximum atomic E-state index is 12.3. The van der Waals surface area contributed by atoms with E-state index in [2.05, 4.69) is 9.72 Å². The Morgan fingerprint density at radius 3 is 2.47 bits per heavy atom. The summed E-state index contributed by atoms with van der Waals surface area (Å²) >= 11 is 5.80. The van der Waals surface area contributed by atoms with E-state index in [0.717, 1.165) is 0 Å². The molecule has 0 atom stereocenters. The van der Waals surface area contributed by atoms with Crippen LogP contribution >= 0.6 is 11.6 Å². The number of benzene rings is 1. The largest absolute Gasteiger partial charge is 0.573 e. The molecule has 0 saturated heterocycles. The molecule has 0 aliphatic carbocycles. The molecule has 0 aliphatic heterocycles. The summed E-state index contributed by atoms with van der Waals surface area (Å²) in [6, 6.07) is 5.64. The molecule has 0 amide bonds. The highest BCUT2D eigenvalue weighted by molar-refractivity contribution is 6.33. The number of nitrogens with two attached hydrogens (primary N) is 1. The average Bonchev–Trinajstić information content (AvgIpc) is 2.32. The molecule has 1 aromatic heterocycles. The fraction of sp³-hybridized carbons (Fsp3) is 0.0833. The van der Waals surface area contributed by atoms with Gasteiger partial charge < -0.3 is 10.5 Å². The molecule has 0 radical (unpaired) electrons. The van der Waals surface area contributed by atoms with Gasteiger partial charge in [0, 0.05) is 23.5 Å². The van der Waals surface area contributed by atoms with Gasteiger partial charge in [0.1, 0.15) is 5.75 Å². The molecule has 0 unspecified atom stereocenters. The maximum Gasteiger partial charge on any atom is 0.573 e. The second kappa shape index (κ2) is 4.97. The fourth-order valence-corrected chi connectivity index (χ4v) is 1.72. The lowest BCUT2D eigenvalue weighted by atomic mass is 10.1. The third-order valence-electron chi connectivity index (χ3n) is 2.34. The summed E-state index contributed by atoms with van der Waals surface area (Å²) in [4.78, 5) is 3.81. The Morgan fingerprint density at radius 1 is 1.11 bits per heavy atom. The Labute approximate surface area is 111 Å². The standard InChI is InChI=1S/C12H8ClF3N2O/c13-9-6-18-5-8(11(9)17)7-3-1-2-4-10(7)19-12(14,15)16/h1-6H,(H2,17,18). The van der Waals surface area contributed by atoms with Gasteiger partial charge in [0.2, 0.25) is 0 Å². The molecule has 19 heavy (non-hydrogen) atoms. The molecular formula is C12H8ClF3N2O. The van der Waals surface area contributed by atoms with Crippen LogP contribution in [0.4, 0.5) is 18.9 Å². The number of hydrogen-bond donors (Lipinski definition) is 1. The molecule has 7 heteroatoms. The maximum absolute atomic E-state index is 12.3. The third kappa shape index (κ3) is 3.08. The SMILES string of the molecule is Nc1c(Cl)cncc1-c1ccccc1OC(F)(F)F. The molecule has 100 valence electrons. The van der Waals surface area contributed by atoms with Gasteiger partial charge in [-0.2, -0.15) is 0 Å². The summed E-state index contributed by atoms with van der Waals surface area (Å²) in [7, 11) is 0. The van der Waals surface area contributed by atoms with Crippen LogP contribution in [0.15, 0.2) is 36.7 Å². The van der Waals surface area contributed by atoms with Gasteiger partial charge in [-0.15, -0.1) is 13.2 Å². The number of halogens is 4. The molecule has 0 saturated carbocycles. The molecule has 0 bridgehead atoms. The molecule has 2 N–H and O–H groups in total. The van der Waals surface area contributed by atoms with Crippen molar-refractivity contribution in [2.45, 2.75) is 6.36 Å². The second-order valence-electron chi connectivity index (χ2n) is 3.63. The number of alkyl halides is 3. The number of rotatable bonds is 2. The number of pyridine rings is 1. The van der Waals surface area contributed by atoms with Crippen LogP contribution in [0.5, 0.6) is 5.75 Å². The first-order valence-electron chi connectivity index (χ1n) is 5.12. The van der Waals surface area contributed by atoms with Crippen molar-refractivity contribution >= 4 is 17.3 Å². The van der Waals surface area contributed by atoms with Crippen LogP contribution in [0, 0.1) is 0 Å². The first kappa shape index (κ1) is 13.5. The van der Waals surface area contributed by atoms with E-state index < -0.39 is 6.36 Å². The van der Waals surface area contributed by atoms with Gasteiger partial charge in [0.25, 0.3) is 0 Å². The lowest BCUT2D eigenvalue weighted by Gasteiger charge is -2.14. The molecule has 1 heterocycles. The van der Waals surface area contributed by atoms with Crippen molar-refractivity contribution in [3.8, 4) is 16.9 Å². The van der Waals surface area contributed by atoms with E-state index in [1.807, 2.05) is 0 Å². The topological polar surface area (TPSA) is 48.1 Å². The summed E-state index contributed by atoms with van der Waals surface area (Å²) < 4.78 is 40.9. The molecule has 0 spiro atoms. The van der Waals surface area contributed by atoms with Crippen LogP contribution in [0.25, 0.3) is 11.1 Å². The highest BCUT2D eigenvalue weighted by Crippen LogP contribution is 2.38. The smallest absolute Gasteiger partial charge is 0.405 e. The van der Waals surface area contributed by atoms with Crippen molar-refractivity contribution in [2.75, 3.05) is 5.73 Å². The number of nitrogen functional groups attached to an aromatic ring is 1. The van der Waals surface area contributed by atoms with Crippen molar-refractivity contribution in [3.63, 3.8) is 0 Å². The zero-order valence-corrected chi connectivity index (χ0v) is 10.2. The number of para-hydroxylation sites is 1. The Hall–Kier alpha value is -1.95. The Bertz CT molecular complexity index is 602. The highest BCUT2D eigenvalue weighted by atomic mass is 35.5. The highest BCUT2D eigenvalue weighted by Gasteiger charge is 2.32.